The second-order valence-electron chi connectivity index (χ2n) is 6.70. The first kappa shape index (κ1) is 19.9. The van der Waals surface area contributed by atoms with Gasteiger partial charge >= 0.3 is 0 Å². The third-order valence-corrected chi connectivity index (χ3v) is 5.41. The molecule has 2 aromatic carbocycles. The summed E-state index contributed by atoms with van der Waals surface area (Å²) in [5.41, 5.74) is 1.44. The lowest BCUT2D eigenvalue weighted by Crippen LogP contribution is -2.19. The Bertz CT molecular complexity index is 1050. The van der Waals surface area contributed by atoms with Crippen molar-refractivity contribution in [2.45, 2.75) is 24.0 Å². The van der Waals surface area contributed by atoms with Crippen molar-refractivity contribution in [1.29, 1.82) is 0 Å². The number of hydrogen-bond acceptors (Lipinski definition) is 7. The van der Waals surface area contributed by atoms with Crippen molar-refractivity contribution >= 4 is 35.0 Å². The zero-order chi connectivity index (χ0) is 20.9. The van der Waals surface area contributed by atoms with E-state index in [9.17, 15) is 9.59 Å². The molecular weight excluding hydrogens is 404 g/mol. The number of rotatable bonds is 8. The van der Waals surface area contributed by atoms with Crippen molar-refractivity contribution in [3.05, 3.63) is 54.1 Å². The van der Waals surface area contributed by atoms with Crippen LogP contribution in [0.5, 0.6) is 5.75 Å². The van der Waals surface area contributed by atoms with Gasteiger partial charge in [-0.1, -0.05) is 23.9 Å². The molecule has 30 heavy (non-hydrogen) atoms. The Kier molecular flexibility index (Phi) is 5.94. The van der Waals surface area contributed by atoms with Crippen molar-refractivity contribution < 1.29 is 14.3 Å². The number of carbonyl (C=O) groups is 2. The second kappa shape index (κ2) is 8.95. The van der Waals surface area contributed by atoms with Crippen LogP contribution in [0.2, 0.25) is 0 Å². The summed E-state index contributed by atoms with van der Waals surface area (Å²) in [4.78, 5) is 25.2. The smallest absolute Gasteiger partial charge is 0.257 e. The number of tetrazole rings is 1. The fourth-order valence-electron chi connectivity index (χ4n) is 2.81. The number of amides is 2. The molecule has 1 saturated carbocycles. The minimum Gasteiger partial charge on any atom is -0.497 e. The lowest BCUT2D eigenvalue weighted by molar-refractivity contribution is -0.113. The predicted molar refractivity (Wildman–Crippen MR) is 113 cm³/mol. The number of methoxy groups -OCH3 is 1. The second-order valence-corrected chi connectivity index (χ2v) is 7.64. The fourth-order valence-corrected chi connectivity index (χ4v) is 3.55. The number of para-hydroxylation sites is 1. The molecule has 0 unspecified atom stereocenters. The van der Waals surface area contributed by atoms with Gasteiger partial charge in [-0.15, -0.1) is 5.10 Å². The molecule has 0 saturated heterocycles. The minimum atomic E-state index is -0.318. The number of anilines is 2. The average molecular weight is 424 g/mol. The minimum absolute atomic E-state index is 0.140. The predicted octanol–water partition coefficient (Wildman–Crippen LogP) is 3.00. The van der Waals surface area contributed by atoms with Crippen LogP contribution < -0.4 is 15.4 Å². The van der Waals surface area contributed by atoms with Gasteiger partial charge in [0, 0.05) is 5.69 Å². The Labute approximate surface area is 177 Å². The number of ether oxygens (including phenoxy) is 1. The van der Waals surface area contributed by atoms with Crippen molar-refractivity contribution in [2.75, 3.05) is 23.5 Å². The largest absolute Gasteiger partial charge is 0.497 e. The van der Waals surface area contributed by atoms with Gasteiger partial charge < -0.3 is 15.4 Å². The Balaban J connectivity index is 1.38. The van der Waals surface area contributed by atoms with Gasteiger partial charge in [0.1, 0.15) is 5.75 Å². The van der Waals surface area contributed by atoms with E-state index < -0.39 is 0 Å². The van der Waals surface area contributed by atoms with Crippen molar-refractivity contribution in [3.8, 4) is 5.75 Å². The summed E-state index contributed by atoms with van der Waals surface area (Å²) in [6.45, 7) is 0. The van der Waals surface area contributed by atoms with Gasteiger partial charge in [0.25, 0.3) is 5.91 Å². The van der Waals surface area contributed by atoms with Gasteiger partial charge in [0.05, 0.1) is 30.2 Å². The molecule has 0 atom stereocenters. The standard InChI is InChI=1S/C20H20N6O3S/c1-29-15-10-6-13(7-11-15)21-19(28)16-4-2-3-5-17(16)22-18(27)12-30-20-23-24-25-26(20)14-8-9-14/h2-7,10-11,14H,8-9,12H2,1H3,(H,21,28)(H,22,27). The highest BCUT2D eigenvalue weighted by Gasteiger charge is 2.28. The summed E-state index contributed by atoms with van der Waals surface area (Å²) < 4.78 is 6.88. The molecule has 0 radical (unpaired) electrons. The van der Waals surface area contributed by atoms with Crippen molar-refractivity contribution in [3.63, 3.8) is 0 Å². The summed E-state index contributed by atoms with van der Waals surface area (Å²) in [5, 5.41) is 17.9. The third kappa shape index (κ3) is 4.77. The molecule has 4 rings (SSSR count). The molecule has 154 valence electrons. The molecule has 1 aliphatic carbocycles. The van der Waals surface area contributed by atoms with Gasteiger partial charge in [-0.3, -0.25) is 9.59 Å². The molecule has 2 amide bonds. The van der Waals surface area contributed by atoms with Crippen LogP contribution in [-0.2, 0) is 4.79 Å². The monoisotopic (exact) mass is 424 g/mol. The first-order chi connectivity index (χ1) is 14.6. The van der Waals surface area contributed by atoms with Crippen molar-refractivity contribution in [1.82, 2.24) is 20.2 Å². The van der Waals surface area contributed by atoms with Crippen LogP contribution in [-0.4, -0.2) is 44.9 Å². The molecule has 9 nitrogen and oxygen atoms in total. The summed E-state index contributed by atoms with van der Waals surface area (Å²) in [6.07, 6.45) is 2.11. The molecule has 0 bridgehead atoms. The summed E-state index contributed by atoms with van der Waals surface area (Å²) in [6, 6.07) is 14.2. The van der Waals surface area contributed by atoms with Crippen LogP contribution in [0.3, 0.4) is 0 Å². The number of hydrogen-bond donors (Lipinski definition) is 2. The molecule has 3 aromatic rings. The maximum atomic E-state index is 12.7. The van der Waals surface area contributed by atoms with Crippen LogP contribution in [0.4, 0.5) is 11.4 Å². The molecule has 0 aliphatic heterocycles. The summed E-state index contributed by atoms with van der Waals surface area (Å²) in [7, 11) is 1.58. The highest BCUT2D eigenvalue weighted by atomic mass is 32.2. The first-order valence-corrected chi connectivity index (χ1v) is 10.4. The average Bonchev–Trinajstić information content (AvgIpc) is 3.50. The molecular formula is C20H20N6O3S. The maximum absolute atomic E-state index is 12.7. The molecule has 1 heterocycles. The lowest BCUT2D eigenvalue weighted by Gasteiger charge is -2.12. The number of aromatic nitrogens is 4. The van der Waals surface area contributed by atoms with Gasteiger partial charge in [-0.25, -0.2) is 4.68 Å². The molecule has 10 heteroatoms. The van der Waals surface area contributed by atoms with E-state index in [0.717, 1.165) is 12.8 Å². The number of carbonyl (C=O) groups excluding carboxylic acids is 2. The van der Waals surface area contributed by atoms with Gasteiger partial charge in [0.15, 0.2) is 0 Å². The molecule has 1 aromatic heterocycles. The fraction of sp³-hybridized carbons (Fsp3) is 0.250. The highest BCUT2D eigenvalue weighted by Crippen LogP contribution is 2.36. The van der Waals surface area contributed by atoms with Gasteiger partial charge in [-0.2, -0.15) is 0 Å². The number of nitrogens with one attached hydrogen (secondary N) is 2. The zero-order valence-corrected chi connectivity index (χ0v) is 17.1. The van der Waals surface area contributed by atoms with E-state index in [0.29, 0.717) is 33.9 Å². The van der Waals surface area contributed by atoms with E-state index in [2.05, 4.69) is 26.2 Å². The van der Waals surface area contributed by atoms with Crippen LogP contribution >= 0.6 is 11.8 Å². The molecule has 2 N–H and O–H groups in total. The summed E-state index contributed by atoms with van der Waals surface area (Å²) >= 11 is 1.27. The van der Waals surface area contributed by atoms with Crippen LogP contribution in [0, 0.1) is 0 Å². The maximum Gasteiger partial charge on any atom is 0.257 e. The third-order valence-electron chi connectivity index (χ3n) is 4.48. The molecule has 1 aliphatic rings. The van der Waals surface area contributed by atoms with E-state index in [4.69, 9.17) is 4.74 Å². The van der Waals surface area contributed by atoms with E-state index in [1.807, 2.05) is 0 Å². The van der Waals surface area contributed by atoms with Gasteiger partial charge in [-0.05, 0) is 59.7 Å². The number of benzene rings is 2. The molecule has 1 fully saturated rings. The van der Waals surface area contributed by atoms with Crippen molar-refractivity contribution in [2.24, 2.45) is 0 Å². The summed E-state index contributed by atoms with van der Waals surface area (Å²) in [5.74, 6) is 0.281. The van der Waals surface area contributed by atoms with E-state index >= 15 is 0 Å². The van der Waals surface area contributed by atoms with E-state index in [1.165, 1.54) is 11.8 Å². The first-order valence-electron chi connectivity index (χ1n) is 9.39. The topological polar surface area (TPSA) is 111 Å². The Morgan fingerprint density at radius 2 is 1.90 bits per heavy atom. The van der Waals surface area contributed by atoms with Crippen LogP contribution in [0.25, 0.3) is 0 Å². The normalized spacial score (nSPS) is 13.0. The van der Waals surface area contributed by atoms with E-state index in [-0.39, 0.29) is 17.6 Å². The molecule has 0 spiro atoms. The highest BCUT2D eigenvalue weighted by molar-refractivity contribution is 7.99. The van der Waals surface area contributed by atoms with Gasteiger partial charge in [0.2, 0.25) is 11.1 Å². The number of nitrogens with zero attached hydrogens (tertiary/aromatic N) is 4. The Morgan fingerprint density at radius 3 is 2.63 bits per heavy atom. The zero-order valence-electron chi connectivity index (χ0n) is 16.2. The Hall–Kier alpha value is -3.40. The SMILES string of the molecule is COc1ccc(NC(=O)c2ccccc2NC(=O)CSc2nnnn2C2CC2)cc1. The van der Waals surface area contributed by atoms with Crippen LogP contribution in [0.15, 0.2) is 53.7 Å². The number of thioether (sulfide) groups is 1. The quantitative estimate of drug-likeness (QED) is 0.535. The Morgan fingerprint density at radius 1 is 1.13 bits per heavy atom. The van der Waals surface area contributed by atoms with E-state index in [1.54, 1.807) is 60.3 Å². The lowest BCUT2D eigenvalue weighted by atomic mass is 10.1. The van der Waals surface area contributed by atoms with Crippen LogP contribution in [0.1, 0.15) is 29.2 Å².